The molecule has 0 aromatic heterocycles. The van der Waals surface area contributed by atoms with Crippen LogP contribution in [-0.4, -0.2) is 60.8 Å². The summed E-state index contributed by atoms with van der Waals surface area (Å²) in [6.45, 7) is 0. The molecule has 0 rings (SSSR count). The van der Waals surface area contributed by atoms with Crippen LogP contribution >= 0.6 is 0 Å². The fourth-order valence-corrected chi connectivity index (χ4v) is 0. The summed E-state index contributed by atoms with van der Waals surface area (Å²) in [5.74, 6) is 0. The Hall–Kier alpha value is 3.71. The van der Waals surface area contributed by atoms with E-state index in [4.69, 9.17) is 0 Å². The first-order valence-electron chi connectivity index (χ1n) is 0. The van der Waals surface area contributed by atoms with Gasteiger partial charge in [0.25, 0.3) is 0 Å². The number of rotatable bonds is 0. The topological polar surface area (TPSA) is 0 Å². The summed E-state index contributed by atoms with van der Waals surface area (Å²) in [7, 11) is 0. The Labute approximate surface area is 116 Å². The van der Waals surface area contributed by atoms with Gasteiger partial charge in [0.1, 0.15) is 0 Å². The second-order valence-electron chi connectivity index (χ2n) is 0. The van der Waals surface area contributed by atoms with Crippen molar-refractivity contribution in [3.05, 3.63) is 0 Å². The minimum atomic E-state index is 0. The molecule has 0 nitrogen and oxygen atoms in total. The van der Waals surface area contributed by atoms with Gasteiger partial charge in [-0.3, -0.25) is 0 Å². The van der Waals surface area contributed by atoms with Gasteiger partial charge in [-0.05, 0) is 0 Å². The fourth-order valence-electron chi connectivity index (χ4n) is 0. The molecule has 0 radical (unpaired) electrons. The quantitative estimate of drug-likeness (QED) is 0.409. The first kappa shape index (κ1) is 25.2. The van der Waals surface area contributed by atoms with Crippen LogP contribution in [-0.2, 0) is 21.1 Å². The minimum Gasteiger partial charge on any atom is -1.00 e. The molecule has 0 bridgehead atoms. The summed E-state index contributed by atoms with van der Waals surface area (Å²) < 4.78 is 0. The molecule has 0 heterocycles. The average Bonchev–Trinajstić information content (AvgIpc) is 0. The number of hydrogen-bond acceptors (Lipinski definition) is 0. The fraction of sp³-hybridized carbons (Fsp3) is 0. The van der Waals surface area contributed by atoms with Crippen LogP contribution in [0.25, 0.3) is 0 Å². The molecule has 0 aliphatic heterocycles. The van der Waals surface area contributed by atoms with E-state index in [1.807, 2.05) is 0 Å². The van der Waals surface area contributed by atoms with Crippen molar-refractivity contribution in [2.24, 2.45) is 0 Å². The number of hydrogen-bond donors (Lipinski definition) is 0. The first-order valence-corrected chi connectivity index (χ1v) is 0. The molecule has 4 heteroatoms. The molecule has 0 aliphatic rings. The molecule has 16 valence electrons. The summed E-state index contributed by atoms with van der Waals surface area (Å²) >= 11 is 0. The predicted octanol–water partition coefficient (Wildman–Crippen LogP) is -3.20. The van der Waals surface area contributed by atoms with Crippen molar-refractivity contribution in [3.8, 4) is 0 Å². The van der Waals surface area contributed by atoms with Crippen LogP contribution in [0.3, 0.4) is 0 Å². The first-order chi connectivity index (χ1) is 0. The minimum absolute atomic E-state index is 0. The zero-order valence-electron chi connectivity index (χ0n) is 7.82. The van der Waals surface area contributed by atoms with E-state index in [1.54, 1.807) is 0 Å². The van der Waals surface area contributed by atoms with Gasteiger partial charge in [0, 0.05) is 21.1 Å². The van der Waals surface area contributed by atoms with E-state index < -0.39 is 0 Å². The average molecular weight is 276 g/mol. The molecule has 0 aromatic carbocycles. The van der Waals surface area contributed by atoms with Crippen molar-refractivity contribution in [1.82, 2.24) is 0 Å². The molecule has 0 amide bonds. The molecular formula is H5CaMgNaW. The molecule has 0 N–H and O–H groups in total. The molecule has 0 saturated heterocycles. The normalized spacial score (nSPS) is 0. The van der Waals surface area contributed by atoms with E-state index in [0.29, 0.717) is 0 Å². The Balaban J connectivity index is 0. The summed E-state index contributed by atoms with van der Waals surface area (Å²) in [5, 5.41) is 0. The second kappa shape index (κ2) is 15.9. The van der Waals surface area contributed by atoms with Crippen LogP contribution in [0.4, 0.5) is 0 Å². The third kappa shape index (κ3) is 9.21. The van der Waals surface area contributed by atoms with Gasteiger partial charge >= 0.3 is 90.3 Å². The van der Waals surface area contributed by atoms with Crippen molar-refractivity contribution in [2.45, 2.75) is 0 Å². The zero-order chi connectivity index (χ0) is 0. The Morgan fingerprint density at radius 3 is 1.25 bits per heavy atom. The van der Waals surface area contributed by atoms with Crippen LogP contribution in [0.2, 0.25) is 0 Å². The van der Waals surface area contributed by atoms with Crippen molar-refractivity contribution < 1.29 is 57.8 Å². The van der Waals surface area contributed by atoms with Crippen LogP contribution in [0, 0.1) is 0 Å². The monoisotopic (exact) mass is 276 g/mol. The van der Waals surface area contributed by atoms with Crippen LogP contribution < -0.4 is 29.6 Å². The molecule has 0 aromatic rings. The van der Waals surface area contributed by atoms with Gasteiger partial charge in [-0.2, -0.15) is 0 Å². The van der Waals surface area contributed by atoms with Crippen molar-refractivity contribution in [2.75, 3.05) is 0 Å². The molecule has 4 heavy (non-hydrogen) atoms. The van der Waals surface area contributed by atoms with Gasteiger partial charge in [-0.25, -0.2) is 0 Å². The third-order valence-corrected chi connectivity index (χ3v) is 0. The Morgan fingerprint density at radius 1 is 1.25 bits per heavy atom. The smallest absolute Gasteiger partial charge is 1.00 e. The second-order valence-corrected chi connectivity index (χ2v) is 0. The van der Waals surface area contributed by atoms with Gasteiger partial charge in [-0.15, -0.1) is 0 Å². The van der Waals surface area contributed by atoms with E-state index >= 15 is 0 Å². The van der Waals surface area contributed by atoms with Gasteiger partial charge in [-0.1, -0.05) is 0 Å². The van der Waals surface area contributed by atoms with E-state index in [9.17, 15) is 0 Å². The van der Waals surface area contributed by atoms with Gasteiger partial charge in [0.2, 0.25) is 0 Å². The van der Waals surface area contributed by atoms with Gasteiger partial charge in [0.15, 0.2) is 0 Å². The Bertz CT molecular complexity index is 16.9. The van der Waals surface area contributed by atoms with E-state index in [1.165, 1.54) is 0 Å². The summed E-state index contributed by atoms with van der Waals surface area (Å²) in [6.07, 6.45) is 0. The molecule has 0 saturated carbocycles. The molecule has 0 atom stereocenters. The van der Waals surface area contributed by atoms with E-state index in [2.05, 4.69) is 0 Å². The molecule has 0 aliphatic carbocycles. The molecular weight excluding hydrogens is 271 g/mol. The van der Waals surface area contributed by atoms with Crippen LogP contribution in [0.5, 0.6) is 0 Å². The summed E-state index contributed by atoms with van der Waals surface area (Å²) in [5.41, 5.74) is 0. The van der Waals surface area contributed by atoms with Gasteiger partial charge < -0.3 is 7.13 Å². The zero-order valence-corrected chi connectivity index (χ0v) is 11.4. The SMILES string of the molecule is [Ca+2].[H-].[H-].[H-].[H-].[H-].[Mg+2].[Na+].[W]. The summed E-state index contributed by atoms with van der Waals surface area (Å²) in [4.78, 5) is 0. The van der Waals surface area contributed by atoms with E-state index in [-0.39, 0.29) is 119 Å². The Kier molecular flexibility index (Phi) is 100. The van der Waals surface area contributed by atoms with Gasteiger partial charge in [0.05, 0.1) is 0 Å². The third-order valence-electron chi connectivity index (χ3n) is 0. The van der Waals surface area contributed by atoms with Crippen molar-refractivity contribution in [3.63, 3.8) is 0 Å². The van der Waals surface area contributed by atoms with E-state index in [0.717, 1.165) is 0 Å². The summed E-state index contributed by atoms with van der Waals surface area (Å²) in [6, 6.07) is 0. The van der Waals surface area contributed by atoms with Crippen molar-refractivity contribution in [1.29, 1.82) is 0 Å². The maximum atomic E-state index is 0. The standard InChI is InChI=1S/Ca.Mg.Na.W.5H/q2*+2;+1;;5*-1. The van der Waals surface area contributed by atoms with Crippen molar-refractivity contribution >= 4 is 60.8 Å². The maximum absolute atomic E-state index is 0. The Morgan fingerprint density at radius 2 is 1.25 bits per heavy atom. The molecule has 0 fully saturated rings. The van der Waals surface area contributed by atoms with Crippen LogP contribution in [0.15, 0.2) is 0 Å². The maximum Gasteiger partial charge on any atom is 2.00 e. The molecule has 0 unspecified atom stereocenters. The van der Waals surface area contributed by atoms with Crippen LogP contribution in [0.1, 0.15) is 7.13 Å². The largest absolute Gasteiger partial charge is 2.00 e. The molecule has 0 spiro atoms. The predicted molar refractivity (Wildman–Crippen MR) is 17.1 cm³/mol.